The first-order chi connectivity index (χ1) is 7.29. The second kappa shape index (κ2) is 6.49. The lowest BCUT2D eigenvalue weighted by atomic mass is 10.2. The summed E-state index contributed by atoms with van der Waals surface area (Å²) in [6.07, 6.45) is 8.71. The molecule has 1 aromatic rings. The van der Waals surface area contributed by atoms with Crippen LogP contribution in [0.4, 0.5) is 0 Å². The summed E-state index contributed by atoms with van der Waals surface area (Å²) in [4.78, 5) is 14.3. The third-order valence-electron chi connectivity index (χ3n) is 2.73. The summed E-state index contributed by atoms with van der Waals surface area (Å²) in [5.74, 6) is 0. The Morgan fingerprint density at radius 3 is 2.60 bits per heavy atom. The fourth-order valence-electron chi connectivity index (χ4n) is 1.76. The Labute approximate surface area is 91.5 Å². The highest BCUT2D eigenvalue weighted by molar-refractivity contribution is 4.98. The van der Waals surface area contributed by atoms with Gasteiger partial charge >= 0.3 is 5.69 Å². The van der Waals surface area contributed by atoms with E-state index in [4.69, 9.17) is 0 Å². The number of hydrogen-bond donors (Lipinski definition) is 1. The van der Waals surface area contributed by atoms with E-state index < -0.39 is 0 Å². The Balaban J connectivity index is 2.58. The fourth-order valence-corrected chi connectivity index (χ4v) is 1.76. The fraction of sp³-hybridized carbons (Fsp3) is 0.750. The van der Waals surface area contributed by atoms with Gasteiger partial charge in [0.15, 0.2) is 0 Å². The third-order valence-corrected chi connectivity index (χ3v) is 2.73. The number of nitrogens with zero attached hydrogens (tertiary/aromatic N) is 1. The molecule has 0 fully saturated rings. The van der Waals surface area contributed by atoms with Crippen molar-refractivity contribution in [2.75, 3.05) is 0 Å². The van der Waals surface area contributed by atoms with Crippen LogP contribution in [0.3, 0.4) is 0 Å². The number of rotatable bonds is 7. The molecule has 1 rings (SSSR count). The molecule has 0 saturated heterocycles. The lowest BCUT2D eigenvalue weighted by Gasteiger charge is -2.05. The minimum Gasteiger partial charge on any atom is -0.312 e. The van der Waals surface area contributed by atoms with Crippen LogP contribution in [0.15, 0.2) is 11.0 Å². The van der Waals surface area contributed by atoms with Crippen LogP contribution in [0.5, 0.6) is 0 Å². The van der Waals surface area contributed by atoms with Gasteiger partial charge in [-0.3, -0.25) is 4.57 Å². The quantitative estimate of drug-likeness (QED) is 0.690. The summed E-state index contributed by atoms with van der Waals surface area (Å²) in [6.45, 7) is 5.22. The Morgan fingerprint density at radius 1 is 1.20 bits per heavy atom. The minimum atomic E-state index is 0.0530. The lowest BCUT2D eigenvalue weighted by Crippen LogP contribution is -2.19. The summed E-state index contributed by atoms with van der Waals surface area (Å²) in [5.41, 5.74) is 1.22. The normalized spacial score (nSPS) is 10.8. The molecular weight excluding hydrogens is 188 g/mol. The molecule has 15 heavy (non-hydrogen) atoms. The van der Waals surface area contributed by atoms with E-state index >= 15 is 0 Å². The molecule has 0 atom stereocenters. The van der Waals surface area contributed by atoms with Crippen molar-refractivity contribution in [2.45, 2.75) is 58.9 Å². The van der Waals surface area contributed by atoms with Crippen molar-refractivity contribution in [2.24, 2.45) is 0 Å². The Kier molecular flexibility index (Phi) is 5.22. The molecule has 0 saturated carbocycles. The monoisotopic (exact) mass is 210 g/mol. The molecule has 1 aromatic heterocycles. The predicted molar refractivity (Wildman–Crippen MR) is 63.2 cm³/mol. The Hall–Kier alpha value is -0.990. The summed E-state index contributed by atoms with van der Waals surface area (Å²) in [5, 5.41) is 0. The zero-order valence-corrected chi connectivity index (χ0v) is 9.88. The van der Waals surface area contributed by atoms with E-state index in [2.05, 4.69) is 18.8 Å². The number of unbranched alkanes of at least 4 members (excludes halogenated alkanes) is 3. The number of imidazole rings is 1. The summed E-state index contributed by atoms with van der Waals surface area (Å²) in [6, 6.07) is 0. The molecule has 1 heterocycles. The van der Waals surface area contributed by atoms with Gasteiger partial charge in [-0.25, -0.2) is 4.79 Å². The molecule has 0 aliphatic rings. The molecule has 1 N–H and O–H groups in total. The summed E-state index contributed by atoms with van der Waals surface area (Å²) < 4.78 is 1.89. The Bertz CT molecular complexity index is 325. The van der Waals surface area contributed by atoms with Gasteiger partial charge in [0.1, 0.15) is 0 Å². The highest BCUT2D eigenvalue weighted by Gasteiger charge is 2.04. The standard InChI is InChI=1S/C12H22N2O/c1-3-5-7-9-14-11(8-6-4-2)10-13-12(14)15/h10H,3-9H2,1-2H3,(H,13,15). The zero-order chi connectivity index (χ0) is 11.1. The minimum absolute atomic E-state index is 0.0530. The number of nitrogens with one attached hydrogen (secondary N) is 1. The van der Waals surface area contributed by atoms with Crippen LogP contribution in [0, 0.1) is 0 Å². The number of H-pyrrole nitrogens is 1. The van der Waals surface area contributed by atoms with Crippen molar-refractivity contribution >= 4 is 0 Å². The average molecular weight is 210 g/mol. The molecular formula is C12H22N2O. The van der Waals surface area contributed by atoms with E-state index in [1.165, 1.54) is 19.3 Å². The molecule has 0 unspecified atom stereocenters. The first kappa shape index (κ1) is 12.1. The van der Waals surface area contributed by atoms with Crippen molar-refractivity contribution < 1.29 is 0 Å². The van der Waals surface area contributed by atoms with E-state index in [0.29, 0.717) is 0 Å². The van der Waals surface area contributed by atoms with E-state index in [1.54, 1.807) is 0 Å². The maximum atomic E-state index is 11.5. The van der Waals surface area contributed by atoms with Crippen LogP contribution in [0.25, 0.3) is 0 Å². The topological polar surface area (TPSA) is 37.8 Å². The molecule has 0 radical (unpaired) electrons. The molecule has 3 nitrogen and oxygen atoms in total. The van der Waals surface area contributed by atoms with Gasteiger partial charge in [0.25, 0.3) is 0 Å². The molecule has 0 spiro atoms. The predicted octanol–water partition coefficient (Wildman–Crippen LogP) is 2.71. The summed E-state index contributed by atoms with van der Waals surface area (Å²) >= 11 is 0. The maximum Gasteiger partial charge on any atom is 0.325 e. The van der Waals surface area contributed by atoms with Gasteiger partial charge in [-0.2, -0.15) is 0 Å². The number of aryl methyl sites for hydroxylation is 1. The van der Waals surface area contributed by atoms with Gasteiger partial charge < -0.3 is 4.98 Å². The smallest absolute Gasteiger partial charge is 0.312 e. The van der Waals surface area contributed by atoms with E-state index in [-0.39, 0.29) is 5.69 Å². The maximum absolute atomic E-state index is 11.5. The second-order valence-corrected chi connectivity index (χ2v) is 4.05. The number of aromatic nitrogens is 2. The van der Waals surface area contributed by atoms with Crippen LogP contribution in [0.1, 0.15) is 51.6 Å². The van der Waals surface area contributed by atoms with Crippen molar-refractivity contribution in [1.29, 1.82) is 0 Å². The van der Waals surface area contributed by atoms with Crippen molar-refractivity contribution in [3.63, 3.8) is 0 Å². The average Bonchev–Trinajstić information content (AvgIpc) is 2.58. The largest absolute Gasteiger partial charge is 0.325 e. The van der Waals surface area contributed by atoms with Crippen LogP contribution in [-0.2, 0) is 13.0 Å². The van der Waals surface area contributed by atoms with Gasteiger partial charge in [0.2, 0.25) is 0 Å². The van der Waals surface area contributed by atoms with Crippen molar-refractivity contribution in [1.82, 2.24) is 9.55 Å². The van der Waals surface area contributed by atoms with Crippen LogP contribution in [-0.4, -0.2) is 9.55 Å². The Morgan fingerprint density at radius 2 is 1.93 bits per heavy atom. The van der Waals surface area contributed by atoms with Crippen LogP contribution in [0.2, 0.25) is 0 Å². The van der Waals surface area contributed by atoms with Gasteiger partial charge in [-0.1, -0.05) is 33.1 Å². The highest BCUT2D eigenvalue weighted by Crippen LogP contribution is 2.04. The van der Waals surface area contributed by atoms with Crippen LogP contribution < -0.4 is 5.69 Å². The molecule has 0 bridgehead atoms. The zero-order valence-electron chi connectivity index (χ0n) is 9.88. The van der Waals surface area contributed by atoms with Gasteiger partial charge in [-0.15, -0.1) is 0 Å². The first-order valence-corrected chi connectivity index (χ1v) is 6.06. The number of aromatic amines is 1. The van der Waals surface area contributed by atoms with E-state index in [1.807, 2.05) is 10.8 Å². The van der Waals surface area contributed by atoms with Gasteiger partial charge in [0, 0.05) is 18.4 Å². The van der Waals surface area contributed by atoms with Crippen molar-refractivity contribution in [3.8, 4) is 0 Å². The summed E-state index contributed by atoms with van der Waals surface area (Å²) in [7, 11) is 0. The second-order valence-electron chi connectivity index (χ2n) is 4.05. The molecule has 0 amide bonds. The van der Waals surface area contributed by atoms with E-state index in [9.17, 15) is 4.79 Å². The first-order valence-electron chi connectivity index (χ1n) is 6.06. The molecule has 3 heteroatoms. The van der Waals surface area contributed by atoms with Crippen LogP contribution >= 0.6 is 0 Å². The van der Waals surface area contributed by atoms with E-state index in [0.717, 1.165) is 31.5 Å². The highest BCUT2D eigenvalue weighted by atomic mass is 16.1. The molecule has 86 valence electrons. The molecule has 0 aliphatic carbocycles. The number of hydrogen-bond acceptors (Lipinski definition) is 1. The van der Waals surface area contributed by atoms with Crippen molar-refractivity contribution in [3.05, 3.63) is 22.4 Å². The third kappa shape index (κ3) is 3.57. The SMILES string of the molecule is CCCCCn1c(CCCC)c[nH]c1=O. The van der Waals surface area contributed by atoms with Gasteiger partial charge in [0.05, 0.1) is 0 Å². The molecule has 0 aromatic carbocycles. The lowest BCUT2D eigenvalue weighted by molar-refractivity contribution is 0.565. The van der Waals surface area contributed by atoms with Gasteiger partial charge in [-0.05, 0) is 19.3 Å². The molecule has 0 aliphatic heterocycles.